The standard InChI is InChI=1S/C16H11ClFNO/c17-13-9-4-10-14(18)15(13)16(20)19-11-5-8-12-6-2-1-3-7-12/h1-4,6-7,9-10H,11H2,(H,19,20). The second-order valence-corrected chi connectivity index (χ2v) is 4.35. The summed E-state index contributed by atoms with van der Waals surface area (Å²) in [4.78, 5) is 11.8. The van der Waals surface area contributed by atoms with Gasteiger partial charge in [0.1, 0.15) is 5.82 Å². The van der Waals surface area contributed by atoms with Gasteiger partial charge in [-0.2, -0.15) is 0 Å². The van der Waals surface area contributed by atoms with E-state index in [-0.39, 0.29) is 17.1 Å². The van der Waals surface area contributed by atoms with Crippen LogP contribution in [0.5, 0.6) is 0 Å². The minimum atomic E-state index is -0.647. The fraction of sp³-hybridized carbons (Fsp3) is 0.0625. The van der Waals surface area contributed by atoms with Crippen molar-refractivity contribution in [1.82, 2.24) is 5.32 Å². The molecule has 4 heteroatoms. The number of hydrogen-bond acceptors (Lipinski definition) is 1. The van der Waals surface area contributed by atoms with Crippen molar-refractivity contribution < 1.29 is 9.18 Å². The Morgan fingerprint density at radius 2 is 1.90 bits per heavy atom. The van der Waals surface area contributed by atoms with Gasteiger partial charge in [0, 0.05) is 5.56 Å². The van der Waals surface area contributed by atoms with Crippen LogP contribution in [0.15, 0.2) is 48.5 Å². The van der Waals surface area contributed by atoms with E-state index >= 15 is 0 Å². The molecule has 0 fully saturated rings. The molecule has 2 nitrogen and oxygen atoms in total. The first-order valence-electron chi connectivity index (χ1n) is 5.94. The predicted molar refractivity (Wildman–Crippen MR) is 77.1 cm³/mol. The van der Waals surface area contributed by atoms with Gasteiger partial charge in [0.05, 0.1) is 17.1 Å². The average Bonchev–Trinajstić information content (AvgIpc) is 2.44. The Bertz CT molecular complexity index is 654. The van der Waals surface area contributed by atoms with Crippen LogP contribution in [0.2, 0.25) is 5.02 Å². The molecular weight excluding hydrogens is 277 g/mol. The molecule has 0 aliphatic rings. The Balaban J connectivity index is 1.99. The molecular formula is C16H11ClFNO. The molecule has 2 aromatic rings. The molecule has 0 heterocycles. The van der Waals surface area contributed by atoms with Crippen molar-refractivity contribution in [2.24, 2.45) is 0 Å². The Hall–Kier alpha value is -2.31. The van der Waals surface area contributed by atoms with Crippen molar-refractivity contribution in [3.05, 3.63) is 70.5 Å². The highest BCUT2D eigenvalue weighted by molar-refractivity contribution is 6.33. The smallest absolute Gasteiger partial charge is 0.256 e. The fourth-order valence-corrected chi connectivity index (χ4v) is 1.84. The summed E-state index contributed by atoms with van der Waals surface area (Å²) in [5.74, 6) is 4.46. The molecule has 2 rings (SSSR count). The molecule has 0 spiro atoms. The summed E-state index contributed by atoms with van der Waals surface area (Å²) >= 11 is 5.80. The van der Waals surface area contributed by atoms with E-state index in [0.29, 0.717) is 0 Å². The summed E-state index contributed by atoms with van der Waals surface area (Å²) < 4.78 is 13.5. The molecule has 0 atom stereocenters. The van der Waals surface area contributed by atoms with Gasteiger partial charge in [0.2, 0.25) is 0 Å². The minimum absolute atomic E-state index is 0.0820. The zero-order valence-electron chi connectivity index (χ0n) is 10.5. The van der Waals surface area contributed by atoms with Gasteiger partial charge in [-0.05, 0) is 24.3 Å². The van der Waals surface area contributed by atoms with Gasteiger partial charge in [-0.1, -0.05) is 47.7 Å². The molecule has 0 saturated heterocycles. The van der Waals surface area contributed by atoms with Crippen LogP contribution in [0.25, 0.3) is 0 Å². The topological polar surface area (TPSA) is 29.1 Å². The van der Waals surface area contributed by atoms with Gasteiger partial charge in [0.25, 0.3) is 5.91 Å². The first kappa shape index (κ1) is 14.1. The zero-order chi connectivity index (χ0) is 14.4. The molecule has 0 unspecified atom stereocenters. The largest absolute Gasteiger partial charge is 0.341 e. The maximum atomic E-state index is 13.5. The molecule has 0 aromatic heterocycles. The first-order chi connectivity index (χ1) is 9.68. The summed E-state index contributed by atoms with van der Waals surface area (Å²) in [5.41, 5.74) is 0.696. The Morgan fingerprint density at radius 3 is 2.60 bits per heavy atom. The highest BCUT2D eigenvalue weighted by Gasteiger charge is 2.14. The van der Waals surface area contributed by atoms with Gasteiger partial charge in [-0.3, -0.25) is 4.79 Å². The molecule has 0 bridgehead atoms. The summed E-state index contributed by atoms with van der Waals surface area (Å²) in [6.07, 6.45) is 0. The Kier molecular flexibility index (Phi) is 4.75. The number of amides is 1. The molecule has 0 radical (unpaired) electrons. The second-order valence-electron chi connectivity index (χ2n) is 3.95. The summed E-state index contributed by atoms with van der Waals surface area (Å²) in [6.45, 7) is 0.123. The third kappa shape index (κ3) is 3.59. The van der Waals surface area contributed by atoms with Crippen molar-refractivity contribution in [3.63, 3.8) is 0 Å². The van der Waals surface area contributed by atoms with E-state index in [9.17, 15) is 9.18 Å². The highest BCUT2D eigenvalue weighted by Crippen LogP contribution is 2.18. The highest BCUT2D eigenvalue weighted by atomic mass is 35.5. The van der Waals surface area contributed by atoms with Crippen molar-refractivity contribution in [2.45, 2.75) is 0 Å². The Morgan fingerprint density at radius 1 is 1.15 bits per heavy atom. The monoisotopic (exact) mass is 287 g/mol. The van der Waals surface area contributed by atoms with Crippen molar-refractivity contribution in [3.8, 4) is 11.8 Å². The first-order valence-corrected chi connectivity index (χ1v) is 6.32. The minimum Gasteiger partial charge on any atom is -0.341 e. The van der Waals surface area contributed by atoms with E-state index in [1.54, 1.807) is 0 Å². The van der Waals surface area contributed by atoms with Gasteiger partial charge >= 0.3 is 0 Å². The average molecular weight is 288 g/mol. The van der Waals surface area contributed by atoms with Crippen LogP contribution >= 0.6 is 11.6 Å². The van der Waals surface area contributed by atoms with Crippen LogP contribution in [0.4, 0.5) is 4.39 Å². The van der Waals surface area contributed by atoms with E-state index in [1.807, 2.05) is 30.3 Å². The fourth-order valence-electron chi connectivity index (χ4n) is 1.60. The van der Waals surface area contributed by atoms with E-state index in [1.165, 1.54) is 18.2 Å². The molecule has 1 N–H and O–H groups in total. The van der Waals surface area contributed by atoms with Crippen LogP contribution in [0, 0.1) is 17.7 Å². The van der Waals surface area contributed by atoms with Crippen molar-refractivity contribution >= 4 is 17.5 Å². The number of carbonyl (C=O) groups excluding carboxylic acids is 1. The maximum absolute atomic E-state index is 13.5. The van der Waals surface area contributed by atoms with Crippen LogP contribution < -0.4 is 5.32 Å². The molecule has 100 valence electrons. The van der Waals surface area contributed by atoms with Gasteiger partial charge < -0.3 is 5.32 Å². The lowest BCUT2D eigenvalue weighted by Crippen LogP contribution is -2.25. The summed E-state index contributed by atoms with van der Waals surface area (Å²) in [6, 6.07) is 13.5. The lowest BCUT2D eigenvalue weighted by atomic mass is 10.2. The molecule has 1 amide bonds. The van der Waals surface area contributed by atoms with Gasteiger partial charge in [0.15, 0.2) is 0 Å². The lowest BCUT2D eigenvalue weighted by molar-refractivity contribution is 0.0955. The number of halogens is 2. The molecule has 2 aromatic carbocycles. The molecule has 0 saturated carbocycles. The molecule has 0 aliphatic carbocycles. The van der Waals surface area contributed by atoms with E-state index in [0.717, 1.165) is 5.56 Å². The number of hydrogen-bond donors (Lipinski definition) is 1. The predicted octanol–water partition coefficient (Wildman–Crippen LogP) is 3.26. The number of carbonyl (C=O) groups is 1. The van der Waals surface area contributed by atoms with Crippen molar-refractivity contribution in [2.75, 3.05) is 6.54 Å². The summed E-state index contributed by atoms with van der Waals surface area (Å²) in [7, 11) is 0. The quantitative estimate of drug-likeness (QED) is 0.844. The van der Waals surface area contributed by atoms with Crippen LogP contribution in [-0.2, 0) is 0 Å². The third-order valence-corrected chi connectivity index (χ3v) is 2.85. The van der Waals surface area contributed by atoms with Crippen LogP contribution in [-0.4, -0.2) is 12.5 Å². The van der Waals surface area contributed by atoms with Gasteiger partial charge in [-0.25, -0.2) is 4.39 Å². The van der Waals surface area contributed by atoms with E-state index in [4.69, 9.17) is 11.6 Å². The van der Waals surface area contributed by atoms with Crippen molar-refractivity contribution in [1.29, 1.82) is 0 Å². The van der Waals surface area contributed by atoms with Gasteiger partial charge in [-0.15, -0.1) is 0 Å². The Labute approximate surface area is 121 Å². The lowest BCUT2D eigenvalue weighted by Gasteiger charge is -2.04. The molecule has 20 heavy (non-hydrogen) atoms. The number of nitrogens with one attached hydrogen (secondary N) is 1. The number of rotatable bonds is 2. The normalized spacial score (nSPS) is 9.50. The SMILES string of the molecule is O=C(NCC#Cc1ccccc1)c1c(F)cccc1Cl. The maximum Gasteiger partial charge on any atom is 0.256 e. The van der Waals surface area contributed by atoms with E-state index in [2.05, 4.69) is 17.2 Å². The third-order valence-electron chi connectivity index (χ3n) is 2.53. The van der Waals surface area contributed by atoms with Crippen LogP contribution in [0.1, 0.15) is 15.9 Å². The van der Waals surface area contributed by atoms with E-state index < -0.39 is 11.7 Å². The zero-order valence-corrected chi connectivity index (χ0v) is 11.2. The number of benzene rings is 2. The molecule has 0 aliphatic heterocycles. The second kappa shape index (κ2) is 6.74. The van der Waals surface area contributed by atoms with Crippen LogP contribution in [0.3, 0.4) is 0 Å². The summed E-state index contributed by atoms with van der Waals surface area (Å²) in [5, 5.41) is 2.60.